The van der Waals surface area contributed by atoms with Gasteiger partial charge in [0, 0.05) is 23.1 Å². The normalized spacial score (nSPS) is 22.8. The first-order chi connectivity index (χ1) is 9.02. The third-order valence-corrected chi connectivity index (χ3v) is 3.45. The maximum atomic E-state index is 11.9. The number of carbonyl (C=O) groups excluding carboxylic acids is 2. The van der Waals surface area contributed by atoms with E-state index in [9.17, 15) is 9.59 Å². The van der Waals surface area contributed by atoms with Crippen LogP contribution in [0.1, 0.15) is 17.9 Å². The Kier molecular flexibility index (Phi) is 3.90. The molecule has 1 N–H and O–H groups in total. The van der Waals surface area contributed by atoms with Crippen molar-refractivity contribution >= 4 is 23.5 Å². The van der Waals surface area contributed by atoms with Gasteiger partial charge in [-0.2, -0.15) is 0 Å². The summed E-state index contributed by atoms with van der Waals surface area (Å²) in [5.41, 5.74) is 1.20. The number of ether oxygens (including phenoxy) is 1. The Bertz CT molecular complexity index is 541. The van der Waals surface area contributed by atoms with Gasteiger partial charge in [-0.05, 0) is 17.7 Å². The van der Waals surface area contributed by atoms with E-state index in [2.05, 4.69) is 11.9 Å². The van der Waals surface area contributed by atoms with E-state index < -0.39 is 11.9 Å². The molecule has 0 bridgehead atoms. The Morgan fingerprint density at radius 3 is 2.89 bits per heavy atom. The van der Waals surface area contributed by atoms with E-state index in [-0.39, 0.29) is 18.2 Å². The second-order valence-corrected chi connectivity index (χ2v) is 4.88. The van der Waals surface area contributed by atoms with Gasteiger partial charge in [-0.3, -0.25) is 9.59 Å². The number of carbonyl (C=O) groups is 2. The lowest BCUT2D eigenvalue weighted by atomic mass is 9.79. The van der Waals surface area contributed by atoms with Crippen LogP contribution in [0.4, 0.5) is 0 Å². The maximum Gasteiger partial charge on any atom is 0.315 e. The first kappa shape index (κ1) is 13.6. The number of methoxy groups -OCH3 is 1. The number of rotatable bonds is 2. The predicted molar refractivity (Wildman–Crippen MR) is 71.6 cm³/mol. The van der Waals surface area contributed by atoms with Crippen molar-refractivity contribution in [2.24, 2.45) is 5.92 Å². The molecule has 0 spiro atoms. The molecule has 19 heavy (non-hydrogen) atoms. The molecule has 5 heteroatoms. The molecule has 1 aliphatic heterocycles. The Labute approximate surface area is 116 Å². The van der Waals surface area contributed by atoms with Crippen molar-refractivity contribution in [2.75, 3.05) is 7.11 Å². The minimum Gasteiger partial charge on any atom is -0.468 e. The van der Waals surface area contributed by atoms with Crippen LogP contribution in [-0.4, -0.2) is 19.0 Å². The molecule has 0 aliphatic carbocycles. The van der Waals surface area contributed by atoms with Gasteiger partial charge in [-0.25, -0.2) is 0 Å². The van der Waals surface area contributed by atoms with E-state index in [1.807, 2.05) is 6.07 Å². The van der Waals surface area contributed by atoms with Gasteiger partial charge in [0.15, 0.2) is 0 Å². The fraction of sp³-hybridized carbons (Fsp3) is 0.286. The van der Waals surface area contributed by atoms with Crippen molar-refractivity contribution in [3.8, 4) is 0 Å². The number of hydrogen-bond acceptors (Lipinski definition) is 3. The van der Waals surface area contributed by atoms with Gasteiger partial charge in [0.25, 0.3) is 0 Å². The van der Waals surface area contributed by atoms with Crippen LogP contribution in [0.5, 0.6) is 0 Å². The molecule has 0 aromatic heterocycles. The monoisotopic (exact) mass is 279 g/mol. The number of piperidine rings is 1. The molecule has 0 saturated carbocycles. The highest BCUT2D eigenvalue weighted by atomic mass is 35.5. The zero-order valence-corrected chi connectivity index (χ0v) is 11.2. The number of nitrogens with one attached hydrogen (secondary N) is 1. The summed E-state index contributed by atoms with van der Waals surface area (Å²) < 4.78 is 4.79. The molecular weight excluding hydrogens is 266 g/mol. The van der Waals surface area contributed by atoms with Crippen molar-refractivity contribution < 1.29 is 14.3 Å². The summed E-state index contributed by atoms with van der Waals surface area (Å²) in [6.45, 7) is 3.75. The third-order valence-electron chi connectivity index (χ3n) is 3.22. The highest BCUT2D eigenvalue weighted by molar-refractivity contribution is 6.30. The Balaban J connectivity index is 2.40. The molecule has 4 nitrogen and oxygen atoms in total. The van der Waals surface area contributed by atoms with Gasteiger partial charge in [0.1, 0.15) is 5.92 Å². The Morgan fingerprint density at radius 1 is 1.53 bits per heavy atom. The van der Waals surface area contributed by atoms with Crippen molar-refractivity contribution in [2.45, 2.75) is 12.3 Å². The second-order valence-electron chi connectivity index (χ2n) is 4.44. The van der Waals surface area contributed by atoms with Gasteiger partial charge >= 0.3 is 5.97 Å². The van der Waals surface area contributed by atoms with E-state index >= 15 is 0 Å². The molecule has 1 saturated heterocycles. The lowest BCUT2D eigenvalue weighted by molar-refractivity contribution is -0.146. The Morgan fingerprint density at radius 2 is 2.26 bits per heavy atom. The molecule has 1 fully saturated rings. The van der Waals surface area contributed by atoms with Crippen LogP contribution >= 0.6 is 11.6 Å². The fourth-order valence-corrected chi connectivity index (χ4v) is 2.55. The average Bonchev–Trinajstić information content (AvgIpc) is 2.37. The lowest BCUT2D eigenvalue weighted by Crippen LogP contribution is -2.41. The highest BCUT2D eigenvalue weighted by Crippen LogP contribution is 2.36. The van der Waals surface area contributed by atoms with Crippen LogP contribution in [0.3, 0.4) is 0 Å². The average molecular weight is 280 g/mol. The molecule has 1 aliphatic rings. The first-order valence-electron chi connectivity index (χ1n) is 5.85. The SMILES string of the molecule is C=C1NC(=O)CC(c2cccc(Cl)c2)C1C(=O)OC. The van der Waals surface area contributed by atoms with Crippen LogP contribution < -0.4 is 5.32 Å². The van der Waals surface area contributed by atoms with Crippen molar-refractivity contribution in [3.63, 3.8) is 0 Å². The minimum absolute atomic E-state index is 0.157. The largest absolute Gasteiger partial charge is 0.468 e. The molecule has 2 unspecified atom stereocenters. The van der Waals surface area contributed by atoms with E-state index in [0.717, 1.165) is 5.56 Å². The number of amides is 1. The molecule has 2 rings (SSSR count). The predicted octanol–water partition coefficient (Wildman–Crippen LogP) is 2.25. The van der Waals surface area contributed by atoms with Crippen molar-refractivity contribution in [1.29, 1.82) is 0 Å². The quantitative estimate of drug-likeness (QED) is 0.845. The molecule has 2 atom stereocenters. The molecular formula is C14H14ClNO3. The molecule has 1 aromatic carbocycles. The number of hydrogen-bond donors (Lipinski definition) is 1. The van der Waals surface area contributed by atoms with Crippen LogP contribution in [0.2, 0.25) is 5.02 Å². The summed E-state index contributed by atoms with van der Waals surface area (Å²) in [6, 6.07) is 7.14. The summed E-state index contributed by atoms with van der Waals surface area (Å²) >= 11 is 5.96. The summed E-state index contributed by atoms with van der Waals surface area (Å²) in [5, 5.41) is 3.16. The van der Waals surface area contributed by atoms with E-state index in [1.165, 1.54) is 7.11 Å². The van der Waals surface area contributed by atoms with Crippen LogP contribution in [0, 0.1) is 5.92 Å². The summed E-state index contributed by atoms with van der Waals surface area (Å²) in [4.78, 5) is 23.5. The summed E-state index contributed by atoms with van der Waals surface area (Å²) in [6.07, 6.45) is 0.207. The number of esters is 1. The molecule has 0 radical (unpaired) electrons. The van der Waals surface area contributed by atoms with Crippen LogP contribution in [0.25, 0.3) is 0 Å². The second kappa shape index (κ2) is 5.45. The van der Waals surface area contributed by atoms with Crippen molar-refractivity contribution in [1.82, 2.24) is 5.32 Å². The Hall–Kier alpha value is -1.81. The van der Waals surface area contributed by atoms with E-state index in [0.29, 0.717) is 10.7 Å². The minimum atomic E-state index is -0.582. The van der Waals surface area contributed by atoms with Gasteiger partial charge in [-0.15, -0.1) is 0 Å². The van der Waals surface area contributed by atoms with E-state index in [4.69, 9.17) is 16.3 Å². The zero-order chi connectivity index (χ0) is 14.0. The number of halogens is 1. The summed E-state index contributed by atoms with van der Waals surface area (Å²) in [7, 11) is 1.32. The number of benzene rings is 1. The summed E-state index contributed by atoms with van der Waals surface area (Å²) in [5.74, 6) is -1.45. The van der Waals surface area contributed by atoms with Crippen molar-refractivity contribution in [3.05, 3.63) is 47.1 Å². The van der Waals surface area contributed by atoms with Gasteiger partial charge < -0.3 is 10.1 Å². The molecule has 1 aromatic rings. The van der Waals surface area contributed by atoms with Gasteiger partial charge in [0.05, 0.1) is 7.11 Å². The maximum absolute atomic E-state index is 11.9. The van der Waals surface area contributed by atoms with Gasteiger partial charge in [-0.1, -0.05) is 30.3 Å². The van der Waals surface area contributed by atoms with E-state index in [1.54, 1.807) is 18.2 Å². The molecule has 1 heterocycles. The molecule has 100 valence electrons. The topological polar surface area (TPSA) is 55.4 Å². The lowest BCUT2D eigenvalue weighted by Gasteiger charge is -2.31. The zero-order valence-electron chi connectivity index (χ0n) is 10.5. The first-order valence-corrected chi connectivity index (χ1v) is 6.22. The third kappa shape index (κ3) is 2.79. The molecule has 1 amide bonds. The highest BCUT2D eigenvalue weighted by Gasteiger charge is 2.38. The van der Waals surface area contributed by atoms with Crippen LogP contribution in [-0.2, 0) is 14.3 Å². The fourth-order valence-electron chi connectivity index (χ4n) is 2.35. The smallest absolute Gasteiger partial charge is 0.315 e. The standard InChI is InChI=1S/C14H14ClNO3/c1-8-13(14(18)19-2)11(7-12(17)16-8)9-4-3-5-10(15)6-9/h3-6,11,13H,1,7H2,2H3,(H,16,17). The van der Waals surface area contributed by atoms with Crippen LogP contribution in [0.15, 0.2) is 36.5 Å². The van der Waals surface area contributed by atoms with Gasteiger partial charge in [0.2, 0.25) is 5.91 Å².